The number of aromatic nitrogens is 2. The van der Waals surface area contributed by atoms with E-state index in [0.717, 1.165) is 29.9 Å². The smallest absolute Gasteiger partial charge is 0.132 e. The lowest BCUT2D eigenvalue weighted by Crippen LogP contribution is -1.99. The Morgan fingerprint density at radius 2 is 1.61 bits per heavy atom. The van der Waals surface area contributed by atoms with Gasteiger partial charge in [0.25, 0.3) is 0 Å². The number of aromatic hydroxyl groups is 1. The third kappa shape index (κ3) is 2.80. The number of halogens is 1. The molecular weight excluding hydrogens is 291 g/mol. The minimum absolute atomic E-state index is 0.208. The molecule has 1 N–H and O–H groups in total. The molecule has 1 aromatic heterocycles. The van der Waals surface area contributed by atoms with Gasteiger partial charge in [-0.25, -0.2) is 14.4 Å². The van der Waals surface area contributed by atoms with E-state index in [2.05, 4.69) is 9.97 Å². The van der Waals surface area contributed by atoms with E-state index in [0.29, 0.717) is 17.2 Å². The van der Waals surface area contributed by atoms with Gasteiger partial charge in [-0.15, -0.1) is 0 Å². The predicted octanol–water partition coefficient (Wildman–Crippen LogP) is 4.53. The fourth-order valence-electron chi connectivity index (χ4n) is 2.58. The first kappa shape index (κ1) is 13.9. The van der Waals surface area contributed by atoms with Crippen molar-refractivity contribution < 1.29 is 9.50 Å². The Morgan fingerprint density at radius 3 is 2.30 bits per heavy atom. The average Bonchev–Trinajstić information content (AvgIpc) is 3.40. The molecule has 114 valence electrons. The lowest BCUT2D eigenvalue weighted by Gasteiger charge is -2.09. The molecule has 0 spiro atoms. The van der Waals surface area contributed by atoms with E-state index < -0.39 is 0 Å². The van der Waals surface area contributed by atoms with E-state index in [1.54, 1.807) is 48.5 Å². The lowest BCUT2D eigenvalue weighted by molar-refractivity contribution is 0.475. The van der Waals surface area contributed by atoms with Gasteiger partial charge in [-0.1, -0.05) is 12.1 Å². The topological polar surface area (TPSA) is 46.0 Å². The highest BCUT2D eigenvalue weighted by Crippen LogP contribution is 2.39. The Bertz CT molecular complexity index is 857. The number of phenols is 1. The van der Waals surface area contributed by atoms with E-state index in [1.807, 2.05) is 0 Å². The Morgan fingerprint density at radius 1 is 0.913 bits per heavy atom. The van der Waals surface area contributed by atoms with Crippen molar-refractivity contribution in [2.75, 3.05) is 0 Å². The highest BCUT2D eigenvalue weighted by molar-refractivity contribution is 5.68. The third-order valence-electron chi connectivity index (χ3n) is 4.00. The van der Waals surface area contributed by atoms with Crippen LogP contribution in [0.25, 0.3) is 22.5 Å². The first-order valence-electron chi connectivity index (χ1n) is 7.64. The molecule has 0 radical (unpaired) electrons. The van der Waals surface area contributed by atoms with Gasteiger partial charge in [0.2, 0.25) is 0 Å². The van der Waals surface area contributed by atoms with Crippen LogP contribution in [-0.2, 0) is 0 Å². The van der Waals surface area contributed by atoms with Gasteiger partial charge in [0.05, 0.1) is 11.4 Å². The highest BCUT2D eigenvalue weighted by Gasteiger charge is 2.27. The molecule has 1 aliphatic rings. The largest absolute Gasteiger partial charge is 0.508 e. The Hall–Kier alpha value is -2.75. The van der Waals surface area contributed by atoms with Crippen molar-refractivity contribution in [3.8, 4) is 28.3 Å². The number of hydrogen-bond acceptors (Lipinski definition) is 3. The molecule has 3 nitrogen and oxygen atoms in total. The van der Waals surface area contributed by atoms with Gasteiger partial charge in [-0.2, -0.15) is 0 Å². The van der Waals surface area contributed by atoms with Crippen molar-refractivity contribution in [2.45, 2.75) is 18.8 Å². The minimum atomic E-state index is -0.287. The van der Waals surface area contributed by atoms with E-state index in [9.17, 15) is 9.50 Å². The van der Waals surface area contributed by atoms with Crippen molar-refractivity contribution in [3.63, 3.8) is 0 Å². The molecule has 2 aromatic carbocycles. The number of nitrogens with zero attached hydrogens (tertiary/aromatic N) is 2. The summed E-state index contributed by atoms with van der Waals surface area (Å²) >= 11 is 0. The van der Waals surface area contributed by atoms with Crippen molar-refractivity contribution in [2.24, 2.45) is 0 Å². The molecule has 1 saturated carbocycles. The molecule has 3 aromatic rings. The summed E-state index contributed by atoms with van der Waals surface area (Å²) in [5.74, 6) is 1.07. The van der Waals surface area contributed by atoms with Gasteiger partial charge >= 0.3 is 0 Å². The minimum Gasteiger partial charge on any atom is -0.508 e. The van der Waals surface area contributed by atoms with Gasteiger partial charge in [-0.3, -0.25) is 0 Å². The van der Waals surface area contributed by atoms with Gasteiger partial charge in [0, 0.05) is 17.0 Å². The summed E-state index contributed by atoms with van der Waals surface area (Å²) < 4.78 is 14.1. The summed E-state index contributed by atoms with van der Waals surface area (Å²) in [6, 6.07) is 15.3. The number of phenolic OH excluding ortho intramolecular Hbond substituents is 1. The monoisotopic (exact) mass is 306 g/mol. The van der Waals surface area contributed by atoms with Crippen molar-refractivity contribution in [3.05, 3.63) is 66.2 Å². The zero-order chi connectivity index (χ0) is 15.8. The Balaban J connectivity index is 1.86. The van der Waals surface area contributed by atoms with Crippen molar-refractivity contribution in [1.29, 1.82) is 0 Å². The normalized spacial score (nSPS) is 14.0. The van der Waals surface area contributed by atoms with Gasteiger partial charge in [-0.05, 0) is 55.3 Å². The molecule has 23 heavy (non-hydrogen) atoms. The first-order valence-corrected chi connectivity index (χ1v) is 7.64. The lowest BCUT2D eigenvalue weighted by atomic mass is 10.1. The Kier molecular flexibility index (Phi) is 3.30. The molecule has 0 saturated heterocycles. The van der Waals surface area contributed by atoms with Crippen LogP contribution in [0.4, 0.5) is 4.39 Å². The first-order chi connectivity index (χ1) is 11.2. The number of rotatable bonds is 3. The summed E-state index contributed by atoms with van der Waals surface area (Å²) in [4.78, 5) is 9.20. The molecular formula is C19H15FN2O. The number of benzene rings is 2. The Labute approximate surface area is 133 Å². The molecule has 0 amide bonds. The summed E-state index contributed by atoms with van der Waals surface area (Å²) in [5, 5.41) is 9.44. The molecule has 0 unspecified atom stereocenters. The van der Waals surface area contributed by atoms with Crippen LogP contribution in [0.1, 0.15) is 24.6 Å². The summed E-state index contributed by atoms with van der Waals surface area (Å²) in [7, 11) is 0. The SMILES string of the molecule is Oc1ccc(-c2cc(-c3ccccc3F)nc(C3CC3)n2)cc1. The summed E-state index contributed by atoms with van der Waals surface area (Å²) in [5.41, 5.74) is 2.71. The van der Waals surface area contributed by atoms with Crippen LogP contribution in [0, 0.1) is 5.82 Å². The number of hydrogen-bond donors (Lipinski definition) is 1. The zero-order valence-electron chi connectivity index (χ0n) is 12.4. The third-order valence-corrected chi connectivity index (χ3v) is 4.00. The van der Waals surface area contributed by atoms with Crippen molar-refractivity contribution in [1.82, 2.24) is 9.97 Å². The van der Waals surface area contributed by atoms with Crippen LogP contribution in [0.3, 0.4) is 0 Å². The van der Waals surface area contributed by atoms with Crippen LogP contribution < -0.4 is 0 Å². The quantitative estimate of drug-likeness (QED) is 0.773. The zero-order valence-corrected chi connectivity index (χ0v) is 12.4. The van der Waals surface area contributed by atoms with Gasteiger partial charge in [0.15, 0.2) is 0 Å². The van der Waals surface area contributed by atoms with E-state index in [-0.39, 0.29) is 11.6 Å². The fourth-order valence-corrected chi connectivity index (χ4v) is 2.58. The van der Waals surface area contributed by atoms with Crippen LogP contribution in [0.15, 0.2) is 54.6 Å². The average molecular weight is 306 g/mol. The molecule has 0 bridgehead atoms. The van der Waals surface area contributed by atoms with Gasteiger partial charge < -0.3 is 5.11 Å². The second-order valence-electron chi connectivity index (χ2n) is 5.80. The molecule has 0 aliphatic heterocycles. The van der Waals surface area contributed by atoms with Crippen LogP contribution in [-0.4, -0.2) is 15.1 Å². The molecule has 1 heterocycles. The molecule has 4 rings (SSSR count). The second-order valence-corrected chi connectivity index (χ2v) is 5.80. The maximum Gasteiger partial charge on any atom is 0.132 e. The molecule has 4 heteroatoms. The standard InChI is InChI=1S/C19H15FN2O/c20-16-4-2-1-3-15(16)18-11-17(12-7-9-14(23)10-8-12)21-19(22-18)13-5-6-13/h1-4,7-11,13,23H,5-6H2. The van der Waals surface area contributed by atoms with E-state index in [1.165, 1.54) is 6.07 Å². The molecule has 0 atom stereocenters. The molecule has 1 fully saturated rings. The summed E-state index contributed by atoms with van der Waals surface area (Å²) in [6.07, 6.45) is 2.16. The van der Waals surface area contributed by atoms with Crippen LogP contribution >= 0.6 is 0 Å². The van der Waals surface area contributed by atoms with Crippen LogP contribution in [0.2, 0.25) is 0 Å². The van der Waals surface area contributed by atoms with E-state index in [4.69, 9.17) is 0 Å². The molecule has 1 aliphatic carbocycles. The maximum atomic E-state index is 14.1. The van der Waals surface area contributed by atoms with E-state index >= 15 is 0 Å². The fraction of sp³-hybridized carbons (Fsp3) is 0.158. The predicted molar refractivity (Wildman–Crippen MR) is 86.5 cm³/mol. The van der Waals surface area contributed by atoms with Crippen LogP contribution in [0.5, 0.6) is 5.75 Å². The second kappa shape index (κ2) is 5.47. The summed E-state index contributed by atoms with van der Waals surface area (Å²) in [6.45, 7) is 0. The highest BCUT2D eigenvalue weighted by atomic mass is 19.1. The maximum absolute atomic E-state index is 14.1. The van der Waals surface area contributed by atoms with Gasteiger partial charge in [0.1, 0.15) is 17.4 Å². The van der Waals surface area contributed by atoms with Crippen molar-refractivity contribution >= 4 is 0 Å².